The van der Waals surface area contributed by atoms with E-state index in [0.29, 0.717) is 18.9 Å². The van der Waals surface area contributed by atoms with Crippen LogP contribution in [0.2, 0.25) is 0 Å². The van der Waals surface area contributed by atoms with Crippen molar-refractivity contribution in [2.24, 2.45) is 0 Å². The van der Waals surface area contributed by atoms with Crippen LogP contribution in [0.5, 0.6) is 5.75 Å². The topological polar surface area (TPSA) is 38.3 Å². The number of carbonyl (C=O) groups is 1. The molecule has 2 aromatic rings. The molecule has 2 aromatic carbocycles. The van der Waals surface area contributed by atoms with Gasteiger partial charge >= 0.3 is 0 Å². The minimum Gasteiger partial charge on any atom is -0.491 e. The van der Waals surface area contributed by atoms with Crippen molar-refractivity contribution in [3.05, 3.63) is 64.7 Å². The van der Waals surface area contributed by atoms with E-state index < -0.39 is 0 Å². The molecular weight excluding hydrogens is 318 g/mol. The first kappa shape index (κ1) is 18.4. The molecular formula is C20H25NO2S. The summed E-state index contributed by atoms with van der Waals surface area (Å²) in [5, 5.41) is 2.90. The molecule has 0 aliphatic rings. The summed E-state index contributed by atoms with van der Waals surface area (Å²) in [6, 6.07) is 14.4. The highest BCUT2D eigenvalue weighted by molar-refractivity contribution is 7.99. The van der Waals surface area contributed by atoms with Gasteiger partial charge in [0, 0.05) is 5.75 Å². The van der Waals surface area contributed by atoms with Gasteiger partial charge in [-0.3, -0.25) is 4.79 Å². The van der Waals surface area contributed by atoms with Crippen LogP contribution in [-0.4, -0.2) is 24.8 Å². The molecule has 3 nitrogen and oxygen atoms in total. The van der Waals surface area contributed by atoms with Gasteiger partial charge in [0.2, 0.25) is 5.91 Å². The van der Waals surface area contributed by atoms with Crippen LogP contribution in [0.25, 0.3) is 0 Å². The fourth-order valence-corrected chi connectivity index (χ4v) is 3.15. The largest absolute Gasteiger partial charge is 0.491 e. The van der Waals surface area contributed by atoms with Crippen LogP contribution in [0.1, 0.15) is 22.3 Å². The van der Waals surface area contributed by atoms with Crippen LogP contribution >= 0.6 is 11.8 Å². The Balaban J connectivity index is 1.62. The van der Waals surface area contributed by atoms with Gasteiger partial charge in [0.1, 0.15) is 12.4 Å². The number of amides is 1. The summed E-state index contributed by atoms with van der Waals surface area (Å²) in [6.07, 6.45) is 0. The molecule has 0 heterocycles. The fourth-order valence-electron chi connectivity index (χ4n) is 2.35. The van der Waals surface area contributed by atoms with E-state index in [2.05, 4.69) is 49.5 Å². The number of ether oxygens (including phenoxy) is 1. The summed E-state index contributed by atoms with van der Waals surface area (Å²) >= 11 is 1.63. The number of aryl methyl sites for hydroxylation is 2. The fraction of sp³-hybridized carbons (Fsp3) is 0.350. The normalized spacial score (nSPS) is 10.5. The monoisotopic (exact) mass is 343 g/mol. The molecule has 128 valence electrons. The summed E-state index contributed by atoms with van der Waals surface area (Å²) in [5.41, 5.74) is 4.87. The SMILES string of the molecule is Cc1cccc(CSCC(=O)NCCOc2cccc(C)c2C)c1. The first-order chi connectivity index (χ1) is 11.6. The molecule has 0 fully saturated rings. The Morgan fingerprint density at radius 2 is 1.92 bits per heavy atom. The minimum atomic E-state index is 0.0530. The van der Waals surface area contributed by atoms with Gasteiger partial charge < -0.3 is 10.1 Å². The average molecular weight is 343 g/mol. The molecule has 0 radical (unpaired) electrons. The standard InChI is InChI=1S/C20H25NO2S/c1-15-6-4-8-18(12-15)13-24-14-20(22)21-10-11-23-19-9-5-7-16(2)17(19)3/h4-9,12H,10-11,13-14H2,1-3H3,(H,21,22). The molecule has 2 rings (SSSR count). The highest BCUT2D eigenvalue weighted by Crippen LogP contribution is 2.20. The third kappa shape index (κ3) is 5.93. The van der Waals surface area contributed by atoms with Crippen LogP contribution < -0.4 is 10.1 Å². The Kier molecular flexibility index (Phi) is 7.19. The molecule has 0 saturated heterocycles. The highest BCUT2D eigenvalue weighted by Gasteiger charge is 2.04. The van der Waals surface area contributed by atoms with E-state index in [1.165, 1.54) is 16.7 Å². The summed E-state index contributed by atoms with van der Waals surface area (Å²) in [7, 11) is 0. The number of rotatable bonds is 8. The Morgan fingerprint density at radius 3 is 2.71 bits per heavy atom. The van der Waals surface area contributed by atoms with Gasteiger partial charge in [-0.15, -0.1) is 11.8 Å². The lowest BCUT2D eigenvalue weighted by atomic mass is 10.1. The molecule has 1 amide bonds. The maximum Gasteiger partial charge on any atom is 0.230 e. The first-order valence-electron chi connectivity index (χ1n) is 8.15. The van der Waals surface area contributed by atoms with Gasteiger partial charge in [-0.25, -0.2) is 0 Å². The van der Waals surface area contributed by atoms with Crippen LogP contribution in [0.4, 0.5) is 0 Å². The molecule has 0 spiro atoms. The van der Waals surface area contributed by atoms with Crippen LogP contribution in [-0.2, 0) is 10.5 Å². The maximum atomic E-state index is 11.8. The second-order valence-corrected chi connectivity index (χ2v) is 6.86. The zero-order chi connectivity index (χ0) is 17.4. The van der Waals surface area contributed by atoms with Crippen molar-refractivity contribution in [1.82, 2.24) is 5.32 Å². The van der Waals surface area contributed by atoms with E-state index in [1.807, 2.05) is 19.1 Å². The van der Waals surface area contributed by atoms with Crippen molar-refractivity contribution in [1.29, 1.82) is 0 Å². The zero-order valence-corrected chi connectivity index (χ0v) is 15.4. The number of benzene rings is 2. The molecule has 0 aliphatic carbocycles. The number of hydrogen-bond donors (Lipinski definition) is 1. The van der Waals surface area contributed by atoms with Crippen LogP contribution in [0.3, 0.4) is 0 Å². The second kappa shape index (κ2) is 9.38. The van der Waals surface area contributed by atoms with E-state index in [9.17, 15) is 4.79 Å². The van der Waals surface area contributed by atoms with Gasteiger partial charge in [0.05, 0.1) is 12.3 Å². The van der Waals surface area contributed by atoms with Crippen molar-refractivity contribution < 1.29 is 9.53 Å². The summed E-state index contributed by atoms with van der Waals surface area (Å²) < 4.78 is 5.73. The van der Waals surface area contributed by atoms with Gasteiger partial charge in [-0.2, -0.15) is 0 Å². The number of nitrogens with one attached hydrogen (secondary N) is 1. The van der Waals surface area contributed by atoms with Crippen molar-refractivity contribution in [3.63, 3.8) is 0 Å². The lowest BCUT2D eigenvalue weighted by Crippen LogP contribution is -2.29. The van der Waals surface area contributed by atoms with E-state index in [0.717, 1.165) is 17.1 Å². The molecule has 24 heavy (non-hydrogen) atoms. The van der Waals surface area contributed by atoms with Crippen LogP contribution in [0, 0.1) is 20.8 Å². The number of thioether (sulfide) groups is 1. The molecule has 0 bridgehead atoms. The Bertz CT molecular complexity index is 685. The summed E-state index contributed by atoms with van der Waals surface area (Å²) in [6.45, 7) is 7.20. The smallest absolute Gasteiger partial charge is 0.230 e. The van der Waals surface area contributed by atoms with E-state index in [4.69, 9.17) is 4.74 Å². The molecule has 0 saturated carbocycles. The molecule has 4 heteroatoms. The van der Waals surface area contributed by atoms with Gasteiger partial charge in [-0.1, -0.05) is 42.0 Å². The Hall–Kier alpha value is -1.94. The third-order valence-corrected chi connectivity index (χ3v) is 4.82. The van der Waals surface area contributed by atoms with Crippen LogP contribution in [0.15, 0.2) is 42.5 Å². The number of carbonyl (C=O) groups excluding carboxylic acids is 1. The van der Waals surface area contributed by atoms with Crippen molar-refractivity contribution in [2.75, 3.05) is 18.9 Å². The Labute approximate surface area is 148 Å². The molecule has 0 aromatic heterocycles. The predicted molar refractivity (Wildman–Crippen MR) is 102 cm³/mol. The highest BCUT2D eigenvalue weighted by atomic mass is 32.2. The quantitative estimate of drug-likeness (QED) is 0.735. The number of hydrogen-bond acceptors (Lipinski definition) is 3. The first-order valence-corrected chi connectivity index (χ1v) is 9.31. The average Bonchev–Trinajstić information content (AvgIpc) is 2.55. The summed E-state index contributed by atoms with van der Waals surface area (Å²) in [5.74, 6) is 2.26. The van der Waals surface area contributed by atoms with E-state index in [1.54, 1.807) is 11.8 Å². The summed E-state index contributed by atoms with van der Waals surface area (Å²) in [4.78, 5) is 11.8. The predicted octanol–water partition coefficient (Wildman–Crippen LogP) is 4.04. The maximum absolute atomic E-state index is 11.8. The lowest BCUT2D eigenvalue weighted by Gasteiger charge is -2.11. The second-order valence-electron chi connectivity index (χ2n) is 5.88. The van der Waals surface area contributed by atoms with E-state index >= 15 is 0 Å². The third-order valence-electron chi connectivity index (χ3n) is 3.82. The lowest BCUT2D eigenvalue weighted by molar-refractivity contribution is -0.118. The van der Waals surface area contributed by atoms with Gasteiger partial charge in [0.15, 0.2) is 0 Å². The molecule has 0 atom stereocenters. The van der Waals surface area contributed by atoms with Crippen molar-refractivity contribution >= 4 is 17.7 Å². The van der Waals surface area contributed by atoms with Crippen molar-refractivity contribution in [3.8, 4) is 5.75 Å². The minimum absolute atomic E-state index is 0.0530. The molecule has 0 aliphatic heterocycles. The van der Waals surface area contributed by atoms with Gasteiger partial charge in [0.25, 0.3) is 0 Å². The molecule has 1 N–H and O–H groups in total. The van der Waals surface area contributed by atoms with E-state index in [-0.39, 0.29) is 5.91 Å². The zero-order valence-electron chi connectivity index (χ0n) is 14.6. The van der Waals surface area contributed by atoms with Crippen molar-refractivity contribution in [2.45, 2.75) is 26.5 Å². The molecule has 0 unspecified atom stereocenters. The Morgan fingerprint density at radius 1 is 1.12 bits per heavy atom. The van der Waals surface area contributed by atoms with Gasteiger partial charge in [-0.05, 0) is 43.5 Å².